The number of benzene rings is 1. The molecule has 1 saturated carbocycles. The molecule has 1 fully saturated rings. The van der Waals surface area contributed by atoms with Gasteiger partial charge in [-0.25, -0.2) is 0 Å². The first-order valence-corrected chi connectivity index (χ1v) is 7.70. The maximum atomic E-state index is 5.95. The Morgan fingerprint density at radius 1 is 1.10 bits per heavy atom. The molecule has 0 saturated heterocycles. The summed E-state index contributed by atoms with van der Waals surface area (Å²) in [5.41, 5.74) is 0.426. The van der Waals surface area contributed by atoms with Gasteiger partial charge in [-0.15, -0.1) is 0 Å². The van der Waals surface area contributed by atoms with Crippen LogP contribution in [0.4, 0.5) is 0 Å². The molecule has 0 radical (unpaired) electrons. The summed E-state index contributed by atoms with van der Waals surface area (Å²) < 4.78 is 11.3. The SMILES string of the molecule is CNCC1(CCOc2ccccc2OC)CCCCC1. The summed E-state index contributed by atoms with van der Waals surface area (Å²) in [5, 5.41) is 3.37. The van der Waals surface area contributed by atoms with E-state index in [2.05, 4.69) is 12.4 Å². The van der Waals surface area contributed by atoms with Gasteiger partial charge >= 0.3 is 0 Å². The monoisotopic (exact) mass is 277 g/mol. The van der Waals surface area contributed by atoms with Gasteiger partial charge in [0.05, 0.1) is 13.7 Å². The fourth-order valence-corrected chi connectivity index (χ4v) is 3.31. The average Bonchev–Trinajstić information content (AvgIpc) is 2.49. The molecule has 0 bridgehead atoms. The van der Waals surface area contributed by atoms with Crippen molar-refractivity contribution in [3.8, 4) is 11.5 Å². The predicted octanol–water partition coefficient (Wildman–Crippen LogP) is 3.63. The summed E-state index contributed by atoms with van der Waals surface area (Å²) in [5.74, 6) is 1.67. The van der Waals surface area contributed by atoms with Crippen molar-refractivity contribution in [1.29, 1.82) is 0 Å². The molecule has 0 aromatic heterocycles. The number of hydrogen-bond donors (Lipinski definition) is 1. The summed E-state index contributed by atoms with van der Waals surface area (Å²) in [4.78, 5) is 0. The van der Waals surface area contributed by atoms with Gasteiger partial charge in [0.1, 0.15) is 0 Å². The van der Waals surface area contributed by atoms with Crippen molar-refractivity contribution in [3.05, 3.63) is 24.3 Å². The van der Waals surface area contributed by atoms with Crippen LogP contribution in [0.25, 0.3) is 0 Å². The molecule has 1 aliphatic carbocycles. The van der Waals surface area contributed by atoms with Crippen LogP contribution in [-0.4, -0.2) is 27.3 Å². The van der Waals surface area contributed by atoms with Gasteiger partial charge in [-0.3, -0.25) is 0 Å². The van der Waals surface area contributed by atoms with Crippen molar-refractivity contribution in [2.24, 2.45) is 5.41 Å². The van der Waals surface area contributed by atoms with Gasteiger partial charge in [-0.05, 0) is 43.9 Å². The van der Waals surface area contributed by atoms with Crippen LogP contribution in [0, 0.1) is 5.41 Å². The van der Waals surface area contributed by atoms with E-state index in [-0.39, 0.29) is 0 Å². The molecular formula is C17H27NO2. The highest BCUT2D eigenvalue weighted by Gasteiger charge is 2.31. The Morgan fingerprint density at radius 3 is 2.45 bits per heavy atom. The maximum absolute atomic E-state index is 5.95. The Bertz CT molecular complexity index is 394. The van der Waals surface area contributed by atoms with E-state index in [1.807, 2.05) is 24.3 Å². The van der Waals surface area contributed by atoms with Gasteiger partial charge in [0.25, 0.3) is 0 Å². The molecule has 0 spiro atoms. The molecule has 3 nitrogen and oxygen atoms in total. The molecule has 20 heavy (non-hydrogen) atoms. The Hall–Kier alpha value is -1.22. The molecule has 3 heteroatoms. The number of nitrogens with one attached hydrogen (secondary N) is 1. The smallest absolute Gasteiger partial charge is 0.161 e. The van der Waals surface area contributed by atoms with E-state index in [0.29, 0.717) is 5.41 Å². The lowest BCUT2D eigenvalue weighted by molar-refractivity contribution is 0.135. The third-order valence-electron chi connectivity index (χ3n) is 4.43. The lowest BCUT2D eigenvalue weighted by Crippen LogP contribution is -2.36. The van der Waals surface area contributed by atoms with Crippen molar-refractivity contribution in [2.45, 2.75) is 38.5 Å². The summed E-state index contributed by atoms with van der Waals surface area (Å²) in [6.45, 7) is 1.87. The number of hydrogen-bond acceptors (Lipinski definition) is 3. The van der Waals surface area contributed by atoms with Crippen molar-refractivity contribution < 1.29 is 9.47 Å². The molecule has 0 heterocycles. The van der Waals surface area contributed by atoms with Crippen molar-refractivity contribution in [1.82, 2.24) is 5.32 Å². The van der Waals surface area contributed by atoms with Crippen LogP contribution >= 0.6 is 0 Å². The lowest BCUT2D eigenvalue weighted by Gasteiger charge is -2.37. The number of para-hydroxylation sites is 2. The Morgan fingerprint density at radius 2 is 1.80 bits per heavy atom. The van der Waals surface area contributed by atoms with Gasteiger partial charge in [0.2, 0.25) is 0 Å². The third kappa shape index (κ3) is 3.89. The molecule has 0 atom stereocenters. The highest BCUT2D eigenvalue weighted by Crippen LogP contribution is 2.39. The van der Waals surface area contributed by atoms with E-state index >= 15 is 0 Å². The lowest BCUT2D eigenvalue weighted by atomic mass is 9.72. The number of methoxy groups -OCH3 is 1. The highest BCUT2D eigenvalue weighted by molar-refractivity contribution is 5.39. The van der Waals surface area contributed by atoms with E-state index in [1.165, 1.54) is 32.1 Å². The Labute approximate surface area is 122 Å². The molecule has 1 aliphatic rings. The molecule has 0 unspecified atom stereocenters. The first kappa shape index (κ1) is 15.2. The topological polar surface area (TPSA) is 30.5 Å². The number of rotatable bonds is 7. The summed E-state index contributed by atoms with van der Waals surface area (Å²) >= 11 is 0. The summed E-state index contributed by atoms with van der Waals surface area (Å²) in [7, 11) is 3.74. The van der Waals surface area contributed by atoms with E-state index in [1.54, 1.807) is 7.11 Å². The molecule has 1 N–H and O–H groups in total. The second-order valence-corrected chi connectivity index (χ2v) is 5.84. The van der Waals surface area contributed by atoms with E-state index in [0.717, 1.165) is 31.1 Å². The second-order valence-electron chi connectivity index (χ2n) is 5.84. The van der Waals surface area contributed by atoms with Crippen molar-refractivity contribution in [3.63, 3.8) is 0 Å². The van der Waals surface area contributed by atoms with Crippen LogP contribution in [0.2, 0.25) is 0 Å². The molecule has 2 rings (SSSR count). The summed E-state index contributed by atoms with van der Waals surface area (Å²) in [6, 6.07) is 7.88. The van der Waals surface area contributed by atoms with Crippen LogP contribution < -0.4 is 14.8 Å². The first-order chi connectivity index (χ1) is 9.79. The van der Waals surface area contributed by atoms with Gasteiger partial charge in [-0.1, -0.05) is 31.4 Å². The molecule has 0 aliphatic heterocycles. The van der Waals surface area contributed by atoms with Gasteiger partial charge < -0.3 is 14.8 Å². The Balaban J connectivity index is 1.89. The van der Waals surface area contributed by atoms with Crippen LogP contribution in [0.1, 0.15) is 38.5 Å². The largest absolute Gasteiger partial charge is 0.493 e. The van der Waals surface area contributed by atoms with Crippen molar-refractivity contribution in [2.75, 3.05) is 27.3 Å². The Kier molecular flexibility index (Phi) is 5.72. The highest BCUT2D eigenvalue weighted by atomic mass is 16.5. The van der Waals surface area contributed by atoms with Crippen LogP contribution in [-0.2, 0) is 0 Å². The molecule has 0 amide bonds. The zero-order valence-electron chi connectivity index (χ0n) is 12.8. The van der Waals surface area contributed by atoms with Crippen LogP contribution in [0.15, 0.2) is 24.3 Å². The van der Waals surface area contributed by atoms with E-state index < -0.39 is 0 Å². The maximum Gasteiger partial charge on any atom is 0.161 e. The van der Waals surface area contributed by atoms with E-state index in [9.17, 15) is 0 Å². The summed E-state index contributed by atoms with van der Waals surface area (Å²) in [6.07, 6.45) is 7.86. The second kappa shape index (κ2) is 7.53. The fraction of sp³-hybridized carbons (Fsp3) is 0.647. The average molecular weight is 277 g/mol. The quantitative estimate of drug-likeness (QED) is 0.825. The first-order valence-electron chi connectivity index (χ1n) is 7.70. The van der Waals surface area contributed by atoms with Crippen LogP contribution in [0.5, 0.6) is 11.5 Å². The molecular weight excluding hydrogens is 250 g/mol. The standard InChI is InChI=1S/C17H27NO2/c1-18-14-17(10-6-3-7-11-17)12-13-20-16-9-5-4-8-15(16)19-2/h4-5,8-9,18H,3,6-7,10-14H2,1-2H3. The zero-order valence-corrected chi connectivity index (χ0v) is 12.8. The fourth-order valence-electron chi connectivity index (χ4n) is 3.31. The molecule has 112 valence electrons. The van der Waals surface area contributed by atoms with E-state index in [4.69, 9.17) is 9.47 Å². The normalized spacial score (nSPS) is 17.7. The van der Waals surface area contributed by atoms with Crippen LogP contribution in [0.3, 0.4) is 0 Å². The minimum atomic E-state index is 0.426. The number of ether oxygens (including phenoxy) is 2. The van der Waals surface area contributed by atoms with Gasteiger partial charge in [-0.2, -0.15) is 0 Å². The molecule has 1 aromatic carbocycles. The van der Waals surface area contributed by atoms with Gasteiger partial charge in [0, 0.05) is 6.54 Å². The predicted molar refractivity (Wildman–Crippen MR) is 82.6 cm³/mol. The van der Waals surface area contributed by atoms with Crippen molar-refractivity contribution >= 4 is 0 Å². The minimum Gasteiger partial charge on any atom is -0.493 e. The molecule has 1 aromatic rings. The van der Waals surface area contributed by atoms with Gasteiger partial charge in [0.15, 0.2) is 11.5 Å². The zero-order chi connectivity index (χ0) is 14.3. The third-order valence-corrected chi connectivity index (χ3v) is 4.43. The minimum absolute atomic E-state index is 0.426.